The molecule has 0 spiro atoms. The number of ether oxygens (including phenoxy) is 5. The fourth-order valence-corrected chi connectivity index (χ4v) is 3.25. The number of carboxylic acids is 1. The lowest BCUT2D eigenvalue weighted by atomic mass is 9.97. The van der Waals surface area contributed by atoms with E-state index < -0.39 is 48.1 Å². The molecule has 0 aliphatic heterocycles. The molecule has 4 unspecified atom stereocenters. The van der Waals surface area contributed by atoms with Crippen molar-refractivity contribution >= 4 is 24.2 Å². The Bertz CT molecular complexity index is 1070. The summed E-state index contributed by atoms with van der Waals surface area (Å²) < 4.78 is 27.0. The molecule has 2 N–H and O–H groups in total. The van der Waals surface area contributed by atoms with Gasteiger partial charge in [0.05, 0.1) is 5.92 Å². The molecule has 0 saturated heterocycles. The number of benzene rings is 1. The minimum atomic E-state index is -2.13. The Kier molecular flexibility index (Phi) is 14.3. The molecule has 0 bridgehead atoms. The van der Waals surface area contributed by atoms with Crippen LogP contribution in [0.25, 0.3) is 0 Å². The monoisotopic (exact) mass is 595 g/mol. The first-order valence-corrected chi connectivity index (χ1v) is 14.6. The van der Waals surface area contributed by atoms with Gasteiger partial charge in [-0.25, -0.2) is 14.4 Å². The highest BCUT2D eigenvalue weighted by atomic mass is 16.8. The number of aliphatic carboxylic acids is 1. The molecule has 11 nitrogen and oxygen atoms in total. The quantitative estimate of drug-likeness (QED) is 0.101. The van der Waals surface area contributed by atoms with Crippen LogP contribution in [0.3, 0.4) is 0 Å². The molecule has 1 aromatic carbocycles. The Morgan fingerprint density at radius 3 is 1.71 bits per heavy atom. The molecule has 1 aromatic rings. The molecule has 0 heterocycles. The van der Waals surface area contributed by atoms with Crippen molar-refractivity contribution < 1.29 is 48.0 Å². The van der Waals surface area contributed by atoms with Gasteiger partial charge >= 0.3 is 24.2 Å². The summed E-state index contributed by atoms with van der Waals surface area (Å²) in [6.45, 7) is 19.9. The van der Waals surface area contributed by atoms with Crippen molar-refractivity contribution in [1.29, 1.82) is 0 Å². The van der Waals surface area contributed by atoms with Crippen LogP contribution in [0.1, 0.15) is 88.1 Å². The van der Waals surface area contributed by atoms with Gasteiger partial charge in [-0.1, -0.05) is 61.5 Å². The van der Waals surface area contributed by atoms with Gasteiger partial charge in [-0.2, -0.15) is 0 Å². The van der Waals surface area contributed by atoms with Gasteiger partial charge in [0.1, 0.15) is 12.2 Å². The Balaban J connectivity index is 3.53. The average molecular weight is 596 g/mol. The van der Waals surface area contributed by atoms with Crippen LogP contribution in [0.2, 0.25) is 0 Å². The number of carbonyl (C=O) groups is 4. The summed E-state index contributed by atoms with van der Waals surface area (Å²) in [5.74, 6) is -3.01. The van der Waals surface area contributed by atoms with Crippen LogP contribution in [-0.2, 0) is 30.2 Å². The van der Waals surface area contributed by atoms with Gasteiger partial charge in [0.2, 0.25) is 0 Å². The van der Waals surface area contributed by atoms with E-state index in [2.05, 4.69) is 5.32 Å². The fraction of sp³-hybridized carbons (Fsp3) is 0.677. The molecule has 0 saturated carbocycles. The van der Waals surface area contributed by atoms with Gasteiger partial charge in [-0.05, 0) is 62.6 Å². The van der Waals surface area contributed by atoms with E-state index in [0.29, 0.717) is 12.0 Å². The van der Waals surface area contributed by atoms with E-state index in [1.54, 1.807) is 27.7 Å². The molecule has 11 heteroatoms. The number of nitrogens with one attached hydrogen (secondary N) is 1. The fourth-order valence-electron chi connectivity index (χ4n) is 3.25. The van der Waals surface area contributed by atoms with Gasteiger partial charge in [0.15, 0.2) is 11.5 Å². The molecule has 0 aromatic heterocycles. The van der Waals surface area contributed by atoms with Crippen LogP contribution in [0.5, 0.6) is 11.5 Å². The standard InChI is InChI=1S/C31H49NO10/c1-12-20(8)32-31(28(34)35,42-27(33)21(9)17(2)3)16-24-13-14-25(40-29(36)38-22(10)18(4)5)26(15-24)41-30(37)39-23(11)19(6)7/h13-15,17-23,32H,12,16H2,1-11H3,(H,34,35)/t20?,21?,22?,23?,31-/m0/s1. The third kappa shape index (κ3) is 11.2. The maximum Gasteiger partial charge on any atom is 0.514 e. The normalized spacial score (nSPS) is 15.8. The van der Waals surface area contributed by atoms with E-state index in [1.807, 2.05) is 48.5 Å². The van der Waals surface area contributed by atoms with Crippen molar-refractivity contribution in [3.8, 4) is 11.5 Å². The molecule has 0 aliphatic carbocycles. The zero-order chi connectivity index (χ0) is 32.4. The Morgan fingerprint density at radius 2 is 1.29 bits per heavy atom. The molecule has 0 fully saturated rings. The second-order valence-corrected chi connectivity index (χ2v) is 11.8. The van der Waals surface area contributed by atoms with Crippen molar-refractivity contribution in [1.82, 2.24) is 5.32 Å². The number of hydrogen-bond acceptors (Lipinski definition) is 10. The number of carboxylic acid groups (broad SMARTS) is 1. The Morgan fingerprint density at radius 1 is 0.786 bits per heavy atom. The predicted octanol–water partition coefficient (Wildman–Crippen LogP) is 6.35. The van der Waals surface area contributed by atoms with Gasteiger partial charge in [0.25, 0.3) is 5.72 Å². The second kappa shape index (κ2) is 16.3. The van der Waals surface area contributed by atoms with E-state index in [1.165, 1.54) is 18.2 Å². The Hall–Kier alpha value is -3.34. The van der Waals surface area contributed by atoms with Gasteiger partial charge in [0, 0.05) is 12.5 Å². The van der Waals surface area contributed by atoms with Crippen LogP contribution in [0.15, 0.2) is 18.2 Å². The number of carbonyl (C=O) groups excluding carboxylic acids is 3. The molecule has 0 amide bonds. The highest BCUT2D eigenvalue weighted by molar-refractivity contribution is 5.83. The molecule has 5 atom stereocenters. The SMILES string of the molecule is CCC(C)N[C@@](Cc1ccc(OC(=O)OC(C)C(C)C)c(OC(=O)OC(C)C(C)C)c1)(OC(=O)C(C)C(C)C)C(=O)O. The maximum absolute atomic E-state index is 13.0. The summed E-state index contributed by atoms with van der Waals surface area (Å²) in [7, 11) is 0. The molecular formula is C31H49NO10. The number of esters is 1. The van der Waals surface area contributed by atoms with Crippen LogP contribution in [0, 0.1) is 23.7 Å². The summed E-state index contributed by atoms with van der Waals surface area (Å²) in [6, 6.07) is 3.84. The van der Waals surface area contributed by atoms with Crippen LogP contribution in [-0.4, -0.2) is 53.3 Å². The third-order valence-electron chi connectivity index (χ3n) is 7.37. The van der Waals surface area contributed by atoms with Crippen LogP contribution < -0.4 is 14.8 Å². The molecule has 42 heavy (non-hydrogen) atoms. The van der Waals surface area contributed by atoms with E-state index in [4.69, 9.17) is 23.7 Å². The minimum Gasteiger partial charge on any atom is -0.477 e. The second-order valence-electron chi connectivity index (χ2n) is 11.8. The average Bonchev–Trinajstić information content (AvgIpc) is 2.88. The van der Waals surface area contributed by atoms with Crippen molar-refractivity contribution in [2.24, 2.45) is 23.7 Å². The van der Waals surface area contributed by atoms with Gasteiger partial charge in [-0.3, -0.25) is 10.1 Å². The van der Waals surface area contributed by atoms with Gasteiger partial charge in [-0.15, -0.1) is 0 Å². The largest absolute Gasteiger partial charge is 0.514 e. The third-order valence-corrected chi connectivity index (χ3v) is 7.37. The molecule has 238 valence electrons. The predicted molar refractivity (Wildman–Crippen MR) is 156 cm³/mol. The minimum absolute atomic E-state index is 0.0119. The summed E-state index contributed by atoms with van der Waals surface area (Å²) >= 11 is 0. The first-order chi connectivity index (χ1) is 19.4. The van der Waals surface area contributed by atoms with Crippen molar-refractivity contribution in [2.75, 3.05) is 0 Å². The highest BCUT2D eigenvalue weighted by Gasteiger charge is 2.45. The molecule has 1 rings (SSSR count). The zero-order valence-corrected chi connectivity index (χ0v) is 26.8. The van der Waals surface area contributed by atoms with Crippen molar-refractivity contribution in [3.05, 3.63) is 23.8 Å². The maximum atomic E-state index is 13.0. The van der Waals surface area contributed by atoms with E-state index in [9.17, 15) is 24.3 Å². The summed E-state index contributed by atoms with van der Waals surface area (Å²) in [6.07, 6.45) is -2.72. The smallest absolute Gasteiger partial charge is 0.477 e. The van der Waals surface area contributed by atoms with E-state index in [0.717, 1.165) is 0 Å². The van der Waals surface area contributed by atoms with E-state index in [-0.39, 0.29) is 41.7 Å². The number of rotatable bonds is 15. The van der Waals surface area contributed by atoms with Crippen LogP contribution in [0.4, 0.5) is 9.59 Å². The lowest BCUT2D eigenvalue weighted by Crippen LogP contribution is -2.60. The Labute approximate surface area is 249 Å². The first-order valence-electron chi connectivity index (χ1n) is 14.6. The number of hydrogen-bond donors (Lipinski definition) is 2. The topological polar surface area (TPSA) is 147 Å². The summed E-state index contributed by atoms with van der Waals surface area (Å²) in [5.41, 5.74) is -1.82. The molecule has 0 aliphatic rings. The first kappa shape index (κ1) is 36.7. The molecule has 0 radical (unpaired) electrons. The van der Waals surface area contributed by atoms with E-state index >= 15 is 0 Å². The van der Waals surface area contributed by atoms with Crippen molar-refractivity contribution in [2.45, 2.75) is 113 Å². The molecular weight excluding hydrogens is 546 g/mol. The van der Waals surface area contributed by atoms with Gasteiger partial charge < -0.3 is 28.8 Å². The lowest BCUT2D eigenvalue weighted by Gasteiger charge is -2.34. The van der Waals surface area contributed by atoms with Crippen LogP contribution >= 0.6 is 0 Å². The lowest BCUT2D eigenvalue weighted by molar-refractivity contribution is -0.188. The highest BCUT2D eigenvalue weighted by Crippen LogP contribution is 2.32. The van der Waals surface area contributed by atoms with Crippen molar-refractivity contribution in [3.63, 3.8) is 0 Å². The summed E-state index contributed by atoms with van der Waals surface area (Å²) in [4.78, 5) is 50.7. The summed E-state index contributed by atoms with van der Waals surface area (Å²) in [5, 5.41) is 13.3. The zero-order valence-electron chi connectivity index (χ0n) is 26.8.